The number of carbonyl (C=O) groups excluding carboxylic acids is 2. The molecule has 23 heavy (non-hydrogen) atoms. The van der Waals surface area contributed by atoms with Crippen LogP contribution < -0.4 is 0 Å². The topological polar surface area (TPSA) is 52.6 Å². The lowest BCUT2D eigenvalue weighted by molar-refractivity contribution is -0.151. The van der Waals surface area contributed by atoms with Crippen molar-refractivity contribution in [2.24, 2.45) is 11.8 Å². The highest BCUT2D eigenvalue weighted by molar-refractivity contribution is 5.72. The molecule has 0 spiro atoms. The van der Waals surface area contributed by atoms with Crippen LogP contribution in [0.5, 0.6) is 0 Å². The van der Waals surface area contributed by atoms with Gasteiger partial charge in [-0.05, 0) is 25.7 Å². The smallest absolute Gasteiger partial charge is 0.308 e. The molecule has 2 unspecified atom stereocenters. The van der Waals surface area contributed by atoms with Crippen molar-refractivity contribution in [3.8, 4) is 0 Å². The van der Waals surface area contributed by atoms with E-state index < -0.39 is 0 Å². The van der Waals surface area contributed by atoms with Crippen LogP contribution >= 0.6 is 0 Å². The molecule has 0 bridgehead atoms. The third-order valence-corrected chi connectivity index (χ3v) is 4.24. The predicted octanol–water partition coefficient (Wildman–Crippen LogP) is 4.90. The van der Waals surface area contributed by atoms with Crippen molar-refractivity contribution in [2.75, 3.05) is 13.2 Å². The molecule has 0 fully saturated rings. The van der Waals surface area contributed by atoms with E-state index in [1.807, 2.05) is 13.8 Å². The van der Waals surface area contributed by atoms with Crippen molar-refractivity contribution in [3.05, 3.63) is 0 Å². The average molecular weight is 328 g/mol. The van der Waals surface area contributed by atoms with Gasteiger partial charge in [0.2, 0.25) is 0 Å². The number of ether oxygens (including phenoxy) is 2. The number of rotatable bonds is 14. The van der Waals surface area contributed by atoms with Crippen LogP contribution in [-0.2, 0) is 19.1 Å². The summed E-state index contributed by atoms with van der Waals surface area (Å²) < 4.78 is 10.6. The van der Waals surface area contributed by atoms with Gasteiger partial charge in [-0.3, -0.25) is 9.59 Å². The van der Waals surface area contributed by atoms with Crippen LogP contribution in [0, 0.1) is 11.8 Å². The fraction of sp³-hybridized carbons (Fsp3) is 0.895. The van der Waals surface area contributed by atoms with Gasteiger partial charge in [-0.15, -0.1) is 0 Å². The highest BCUT2D eigenvalue weighted by Crippen LogP contribution is 2.15. The first-order valence-electron chi connectivity index (χ1n) is 9.43. The van der Waals surface area contributed by atoms with Gasteiger partial charge in [-0.25, -0.2) is 0 Å². The Hall–Kier alpha value is -1.06. The van der Waals surface area contributed by atoms with Gasteiger partial charge >= 0.3 is 11.9 Å². The van der Waals surface area contributed by atoms with E-state index in [4.69, 9.17) is 9.47 Å². The molecule has 0 rings (SSSR count). The fourth-order valence-corrected chi connectivity index (χ4v) is 2.52. The summed E-state index contributed by atoms with van der Waals surface area (Å²) in [5.41, 5.74) is 0. The molecular weight excluding hydrogens is 292 g/mol. The number of unbranched alkanes of at least 4 members (excludes halogenated alkanes) is 2. The van der Waals surface area contributed by atoms with Crippen molar-refractivity contribution in [1.82, 2.24) is 0 Å². The summed E-state index contributed by atoms with van der Waals surface area (Å²) in [6.45, 7) is 8.95. The second kappa shape index (κ2) is 14.5. The number of hydrogen-bond acceptors (Lipinski definition) is 4. The standard InChI is InChI=1S/C19H36O4/c1-5-9-12-16(7-3)18(20)22-14-11-15-23-19(21)17(8-4)13-10-6-2/h16-17H,5-15H2,1-4H3. The van der Waals surface area contributed by atoms with Gasteiger partial charge in [0.15, 0.2) is 0 Å². The first kappa shape index (κ1) is 21.9. The Morgan fingerprint density at radius 3 is 1.39 bits per heavy atom. The quantitative estimate of drug-likeness (QED) is 0.336. The van der Waals surface area contributed by atoms with Crippen molar-refractivity contribution in [2.45, 2.75) is 85.5 Å². The highest BCUT2D eigenvalue weighted by Gasteiger charge is 2.18. The van der Waals surface area contributed by atoms with E-state index in [1.165, 1.54) is 0 Å². The first-order valence-corrected chi connectivity index (χ1v) is 9.43. The Morgan fingerprint density at radius 1 is 0.696 bits per heavy atom. The fourth-order valence-electron chi connectivity index (χ4n) is 2.52. The van der Waals surface area contributed by atoms with Crippen LogP contribution in [0.4, 0.5) is 0 Å². The molecule has 136 valence electrons. The molecule has 0 aromatic rings. The maximum absolute atomic E-state index is 11.9. The van der Waals surface area contributed by atoms with E-state index >= 15 is 0 Å². The van der Waals surface area contributed by atoms with E-state index in [1.54, 1.807) is 0 Å². The van der Waals surface area contributed by atoms with E-state index in [0.29, 0.717) is 19.6 Å². The number of esters is 2. The predicted molar refractivity (Wildman–Crippen MR) is 93.1 cm³/mol. The third-order valence-electron chi connectivity index (χ3n) is 4.24. The van der Waals surface area contributed by atoms with Crippen LogP contribution in [0.1, 0.15) is 85.5 Å². The summed E-state index contributed by atoms with van der Waals surface area (Å²) in [5, 5.41) is 0. The van der Waals surface area contributed by atoms with Crippen LogP contribution in [0.25, 0.3) is 0 Å². The molecule has 0 aromatic heterocycles. The first-order chi connectivity index (χ1) is 11.1. The van der Waals surface area contributed by atoms with Crippen molar-refractivity contribution in [1.29, 1.82) is 0 Å². The molecule has 0 saturated heterocycles. The van der Waals surface area contributed by atoms with Gasteiger partial charge in [0, 0.05) is 6.42 Å². The largest absolute Gasteiger partial charge is 0.465 e. The molecule has 2 atom stereocenters. The second-order valence-corrected chi connectivity index (χ2v) is 6.18. The zero-order chi connectivity index (χ0) is 17.5. The van der Waals surface area contributed by atoms with Gasteiger partial charge in [0.1, 0.15) is 0 Å². The molecule has 0 saturated carbocycles. The van der Waals surface area contributed by atoms with Gasteiger partial charge in [0.05, 0.1) is 25.0 Å². The lowest BCUT2D eigenvalue weighted by Gasteiger charge is -2.15. The molecular formula is C19H36O4. The summed E-state index contributed by atoms with van der Waals surface area (Å²) in [7, 11) is 0. The van der Waals surface area contributed by atoms with Crippen molar-refractivity contribution in [3.63, 3.8) is 0 Å². The van der Waals surface area contributed by atoms with E-state index in [0.717, 1.165) is 51.4 Å². The maximum atomic E-state index is 11.9. The Kier molecular flexibility index (Phi) is 13.9. The molecule has 4 nitrogen and oxygen atoms in total. The SMILES string of the molecule is CCCCC(CC)C(=O)OCCCOC(=O)C(CC)CCCC. The van der Waals surface area contributed by atoms with Crippen molar-refractivity contribution >= 4 is 11.9 Å². The van der Waals surface area contributed by atoms with Crippen molar-refractivity contribution < 1.29 is 19.1 Å². The van der Waals surface area contributed by atoms with Gasteiger partial charge in [0.25, 0.3) is 0 Å². The molecule has 0 amide bonds. The number of carbonyl (C=O) groups is 2. The summed E-state index contributed by atoms with van der Waals surface area (Å²) in [6, 6.07) is 0. The Bertz CT molecular complexity index is 284. The summed E-state index contributed by atoms with van der Waals surface area (Å²) in [5.74, 6) is -0.199. The molecule has 0 N–H and O–H groups in total. The number of hydrogen-bond donors (Lipinski definition) is 0. The lowest BCUT2D eigenvalue weighted by atomic mass is 10.00. The summed E-state index contributed by atoms with van der Waals surface area (Å²) in [4.78, 5) is 23.8. The minimum atomic E-state index is -0.110. The molecule has 4 heteroatoms. The van der Waals surface area contributed by atoms with Crippen LogP contribution in [0.2, 0.25) is 0 Å². The minimum absolute atomic E-state index is 0.0102. The van der Waals surface area contributed by atoms with E-state index in [-0.39, 0.29) is 23.8 Å². The van der Waals surface area contributed by atoms with Crippen LogP contribution in [-0.4, -0.2) is 25.2 Å². The normalized spacial score (nSPS) is 13.4. The molecule has 0 aliphatic rings. The Balaban J connectivity index is 3.85. The summed E-state index contributed by atoms with van der Waals surface area (Å²) >= 11 is 0. The zero-order valence-corrected chi connectivity index (χ0v) is 15.6. The third kappa shape index (κ3) is 10.4. The van der Waals surface area contributed by atoms with E-state index in [9.17, 15) is 9.59 Å². The van der Waals surface area contributed by atoms with Gasteiger partial charge in [-0.1, -0.05) is 53.4 Å². The maximum Gasteiger partial charge on any atom is 0.308 e. The Morgan fingerprint density at radius 2 is 1.09 bits per heavy atom. The molecule has 0 aliphatic carbocycles. The lowest BCUT2D eigenvalue weighted by Crippen LogP contribution is -2.20. The molecule has 0 aromatic carbocycles. The second-order valence-electron chi connectivity index (χ2n) is 6.18. The molecule has 0 radical (unpaired) electrons. The monoisotopic (exact) mass is 328 g/mol. The van der Waals surface area contributed by atoms with Gasteiger partial charge < -0.3 is 9.47 Å². The van der Waals surface area contributed by atoms with Crippen LogP contribution in [0.3, 0.4) is 0 Å². The van der Waals surface area contributed by atoms with Gasteiger partial charge in [-0.2, -0.15) is 0 Å². The van der Waals surface area contributed by atoms with Crippen LogP contribution in [0.15, 0.2) is 0 Å². The minimum Gasteiger partial charge on any atom is -0.465 e. The van der Waals surface area contributed by atoms with E-state index in [2.05, 4.69) is 13.8 Å². The average Bonchev–Trinajstić information content (AvgIpc) is 2.55. The molecule has 0 aliphatic heterocycles. The zero-order valence-electron chi connectivity index (χ0n) is 15.6. The Labute approximate surface area is 142 Å². The molecule has 0 heterocycles. The highest BCUT2D eigenvalue weighted by atomic mass is 16.5. The summed E-state index contributed by atoms with van der Waals surface area (Å²) in [6.07, 6.45) is 8.32.